The third-order valence-electron chi connectivity index (χ3n) is 4.60. The minimum Gasteiger partial charge on any atom is -0.287 e. The van der Waals surface area contributed by atoms with Gasteiger partial charge in [-0.05, 0) is 54.3 Å². The number of para-hydroxylation sites is 1. The number of carbonyl (C=O) groups is 1. The summed E-state index contributed by atoms with van der Waals surface area (Å²) in [6.07, 6.45) is 1.90. The van der Waals surface area contributed by atoms with Gasteiger partial charge in [0.2, 0.25) is 0 Å². The first-order valence-corrected chi connectivity index (χ1v) is 12.2. The molecule has 0 aromatic heterocycles. The van der Waals surface area contributed by atoms with E-state index in [2.05, 4.69) is 15.9 Å². The number of amides is 2. The Kier molecular flexibility index (Phi) is 5.42. The van der Waals surface area contributed by atoms with Gasteiger partial charge in [0.1, 0.15) is 4.90 Å². The first-order chi connectivity index (χ1) is 13.9. The van der Waals surface area contributed by atoms with Crippen LogP contribution in [0, 0.1) is 0 Å². The van der Waals surface area contributed by atoms with E-state index < -0.39 is 16.1 Å². The first-order valence-electron chi connectivity index (χ1n) is 8.76. The van der Waals surface area contributed by atoms with Crippen LogP contribution in [0.4, 0.5) is 16.2 Å². The van der Waals surface area contributed by atoms with Crippen LogP contribution in [0.3, 0.4) is 0 Å². The second-order valence-corrected chi connectivity index (χ2v) is 9.99. The van der Waals surface area contributed by atoms with Crippen LogP contribution in [0.5, 0.6) is 0 Å². The Balaban J connectivity index is 1.87. The van der Waals surface area contributed by atoms with Gasteiger partial charge in [0.05, 0.1) is 17.9 Å². The van der Waals surface area contributed by atoms with Gasteiger partial charge in [0.15, 0.2) is 0 Å². The molecular formula is C21H17BrN2O3S2. The highest BCUT2D eigenvalue weighted by molar-refractivity contribution is 9.10. The lowest BCUT2D eigenvalue weighted by atomic mass is 10.2. The van der Waals surface area contributed by atoms with Crippen molar-refractivity contribution in [3.63, 3.8) is 0 Å². The van der Waals surface area contributed by atoms with Crippen molar-refractivity contribution in [2.45, 2.75) is 16.3 Å². The molecule has 0 radical (unpaired) electrons. The van der Waals surface area contributed by atoms with E-state index in [9.17, 15) is 13.2 Å². The summed E-state index contributed by atoms with van der Waals surface area (Å²) in [5, 5.41) is 0. The number of hydrogen-bond acceptors (Lipinski definition) is 4. The molecule has 0 saturated carbocycles. The number of nitrogens with zero attached hydrogens (tertiary/aromatic N) is 2. The molecule has 5 nitrogen and oxygen atoms in total. The van der Waals surface area contributed by atoms with E-state index >= 15 is 0 Å². The van der Waals surface area contributed by atoms with E-state index in [0.717, 1.165) is 19.2 Å². The number of benzene rings is 3. The topological polar surface area (TPSA) is 57.7 Å². The molecule has 3 aromatic rings. The zero-order valence-electron chi connectivity index (χ0n) is 15.4. The maximum atomic E-state index is 13.4. The monoisotopic (exact) mass is 488 g/mol. The van der Waals surface area contributed by atoms with Crippen LogP contribution in [0.25, 0.3) is 0 Å². The Morgan fingerprint density at radius 2 is 1.72 bits per heavy atom. The normalized spacial score (nSPS) is 15.3. The number of halogens is 1. The number of anilines is 2. The van der Waals surface area contributed by atoms with Gasteiger partial charge in [-0.25, -0.2) is 13.2 Å². The Hall–Kier alpha value is -2.29. The fraction of sp³-hybridized carbons (Fsp3) is 0.0952. The van der Waals surface area contributed by atoms with Crippen LogP contribution >= 0.6 is 27.7 Å². The zero-order valence-corrected chi connectivity index (χ0v) is 18.7. The first kappa shape index (κ1) is 20.0. The van der Waals surface area contributed by atoms with Gasteiger partial charge >= 0.3 is 6.03 Å². The van der Waals surface area contributed by atoms with Gasteiger partial charge in [-0.15, -0.1) is 11.8 Å². The summed E-state index contributed by atoms with van der Waals surface area (Å²) in [6.45, 7) is 0.253. The van der Waals surface area contributed by atoms with Crippen LogP contribution in [0.1, 0.15) is 5.56 Å². The summed E-state index contributed by atoms with van der Waals surface area (Å²) in [4.78, 5) is 15.9. The second kappa shape index (κ2) is 7.85. The van der Waals surface area contributed by atoms with Crippen LogP contribution in [-0.2, 0) is 16.6 Å². The van der Waals surface area contributed by atoms with E-state index in [1.54, 1.807) is 36.4 Å². The molecular weight excluding hydrogens is 472 g/mol. The van der Waals surface area contributed by atoms with Crippen LogP contribution in [-0.4, -0.2) is 20.7 Å². The molecule has 0 bridgehead atoms. The molecule has 1 aliphatic rings. The van der Waals surface area contributed by atoms with Gasteiger partial charge in [0, 0.05) is 9.37 Å². The molecule has 0 spiro atoms. The van der Waals surface area contributed by atoms with Crippen molar-refractivity contribution in [1.82, 2.24) is 0 Å². The van der Waals surface area contributed by atoms with Crippen molar-refractivity contribution in [1.29, 1.82) is 0 Å². The fourth-order valence-corrected chi connectivity index (χ4v) is 5.75. The summed E-state index contributed by atoms with van der Waals surface area (Å²) in [5.41, 5.74) is 1.60. The quantitative estimate of drug-likeness (QED) is 0.454. The Labute approximate surface area is 182 Å². The lowest BCUT2D eigenvalue weighted by Gasteiger charge is -2.36. The van der Waals surface area contributed by atoms with Gasteiger partial charge < -0.3 is 0 Å². The maximum absolute atomic E-state index is 13.4. The number of rotatable bonds is 4. The number of carbonyl (C=O) groups excluding carboxylic acids is 1. The van der Waals surface area contributed by atoms with Gasteiger partial charge in [-0.1, -0.05) is 46.3 Å². The number of fused-ring (bicyclic) bond motifs is 1. The maximum Gasteiger partial charge on any atom is 0.343 e. The molecule has 1 aliphatic heterocycles. The number of urea groups is 1. The molecule has 0 fully saturated rings. The summed E-state index contributed by atoms with van der Waals surface area (Å²) in [7, 11) is -4.02. The highest BCUT2D eigenvalue weighted by Crippen LogP contribution is 2.38. The van der Waals surface area contributed by atoms with Crippen molar-refractivity contribution in [3.05, 3.63) is 82.8 Å². The zero-order chi connectivity index (χ0) is 20.6. The van der Waals surface area contributed by atoms with Gasteiger partial charge in [0.25, 0.3) is 10.0 Å². The van der Waals surface area contributed by atoms with Crippen molar-refractivity contribution < 1.29 is 13.2 Å². The highest BCUT2D eigenvalue weighted by atomic mass is 79.9. The predicted molar refractivity (Wildman–Crippen MR) is 120 cm³/mol. The molecule has 8 heteroatoms. The van der Waals surface area contributed by atoms with E-state index in [1.165, 1.54) is 22.7 Å². The summed E-state index contributed by atoms with van der Waals surface area (Å²) in [6, 6.07) is 20.6. The Morgan fingerprint density at radius 1 is 0.966 bits per heavy atom. The Bertz CT molecular complexity index is 1200. The third-order valence-corrected chi connectivity index (χ3v) is 7.56. The molecule has 29 heavy (non-hydrogen) atoms. The number of sulfonamides is 1. The van der Waals surface area contributed by atoms with Gasteiger partial charge in [-0.3, -0.25) is 4.90 Å². The Morgan fingerprint density at radius 3 is 2.48 bits per heavy atom. The summed E-state index contributed by atoms with van der Waals surface area (Å²) < 4.78 is 28.5. The lowest BCUT2D eigenvalue weighted by molar-refractivity contribution is 0.253. The molecule has 0 saturated heterocycles. The molecule has 1 heterocycles. The smallest absolute Gasteiger partial charge is 0.287 e. The SMILES string of the molecule is CSc1cccc(N2C(=O)N(Cc3cccc(Br)c3)c3ccccc3S2(=O)=O)c1. The molecule has 2 amide bonds. The van der Waals surface area contributed by atoms with Crippen molar-refractivity contribution in [2.75, 3.05) is 15.5 Å². The van der Waals surface area contributed by atoms with E-state index in [0.29, 0.717) is 11.4 Å². The number of thioether (sulfide) groups is 1. The van der Waals surface area contributed by atoms with E-state index in [1.807, 2.05) is 36.6 Å². The summed E-state index contributed by atoms with van der Waals surface area (Å²) >= 11 is 4.93. The highest BCUT2D eigenvalue weighted by Gasteiger charge is 2.42. The van der Waals surface area contributed by atoms with Crippen molar-refractivity contribution in [3.8, 4) is 0 Å². The van der Waals surface area contributed by atoms with Crippen LogP contribution in [0.2, 0.25) is 0 Å². The molecule has 3 aromatic carbocycles. The molecule has 0 aliphatic carbocycles. The van der Waals surface area contributed by atoms with E-state index in [4.69, 9.17) is 0 Å². The molecule has 0 atom stereocenters. The largest absolute Gasteiger partial charge is 0.343 e. The fourth-order valence-electron chi connectivity index (χ4n) is 3.27. The van der Waals surface area contributed by atoms with Crippen molar-refractivity contribution >= 4 is 55.1 Å². The molecule has 148 valence electrons. The number of hydrogen-bond donors (Lipinski definition) is 0. The van der Waals surface area contributed by atoms with E-state index in [-0.39, 0.29) is 11.4 Å². The van der Waals surface area contributed by atoms with Crippen LogP contribution in [0.15, 0.2) is 87.1 Å². The molecule has 0 unspecified atom stereocenters. The van der Waals surface area contributed by atoms with Crippen molar-refractivity contribution in [2.24, 2.45) is 0 Å². The lowest BCUT2D eigenvalue weighted by Crippen LogP contribution is -2.50. The third kappa shape index (κ3) is 3.68. The molecule has 4 rings (SSSR count). The average molecular weight is 489 g/mol. The summed E-state index contributed by atoms with van der Waals surface area (Å²) in [5.74, 6) is 0. The van der Waals surface area contributed by atoms with Crippen LogP contribution < -0.4 is 9.21 Å². The predicted octanol–water partition coefficient (Wildman–Crippen LogP) is 5.51. The standard InChI is InChI=1S/C21H17BrN2O3S2/c1-28-18-9-5-8-17(13-18)24-21(25)23(14-15-6-4-7-16(22)12-15)19-10-2-3-11-20(19)29(24,26)27/h2-13H,14H2,1H3. The molecule has 0 N–H and O–H groups in total. The average Bonchev–Trinajstić information content (AvgIpc) is 2.71. The van der Waals surface area contributed by atoms with Gasteiger partial charge in [-0.2, -0.15) is 4.31 Å². The minimum absolute atomic E-state index is 0.115. The minimum atomic E-state index is -4.02. The second-order valence-electron chi connectivity index (χ2n) is 6.44.